The molecule has 0 radical (unpaired) electrons. The van der Waals surface area contributed by atoms with E-state index in [1.165, 1.54) is 39.0 Å². The first kappa shape index (κ1) is 29.7. The van der Waals surface area contributed by atoms with Crippen LogP contribution in [0.25, 0.3) is 10.9 Å². The number of carboxylic acids is 1. The Balaban J connectivity index is 2.19. The van der Waals surface area contributed by atoms with E-state index >= 15 is 0 Å². The van der Waals surface area contributed by atoms with Crippen LogP contribution < -0.4 is 10.1 Å². The number of alkyl carbamates (subject to hydrolysis) is 1. The number of ether oxygens (including phenoxy) is 2. The maximum atomic E-state index is 14.1. The second-order valence-corrected chi connectivity index (χ2v) is 10.1. The number of aliphatic carboxylic acids is 1. The molecule has 2 aromatic carbocycles. The van der Waals surface area contributed by atoms with Crippen molar-refractivity contribution in [3.05, 3.63) is 58.8 Å². The molecule has 0 aliphatic heterocycles. The van der Waals surface area contributed by atoms with E-state index < -0.39 is 58.5 Å². The summed E-state index contributed by atoms with van der Waals surface area (Å²) in [6.07, 6.45) is -10.4. The van der Waals surface area contributed by atoms with Gasteiger partial charge in [0.05, 0.1) is 11.1 Å². The molecule has 0 saturated heterocycles. The number of hydrogen-bond acceptors (Lipinski definition) is 4. The molecule has 0 fully saturated rings. The summed E-state index contributed by atoms with van der Waals surface area (Å²) in [4.78, 5) is 26.9. The Bertz CT molecular complexity index is 1350. The number of nitrogens with one attached hydrogen (secondary N) is 2. The predicted molar refractivity (Wildman–Crippen MR) is 129 cm³/mol. The highest BCUT2D eigenvalue weighted by Crippen LogP contribution is 2.47. The Kier molecular flexibility index (Phi) is 7.86. The van der Waals surface area contributed by atoms with Crippen LogP contribution in [0.2, 0.25) is 0 Å². The highest BCUT2D eigenvalue weighted by atomic mass is 19.4. The number of aromatic amines is 1. The van der Waals surface area contributed by atoms with Crippen LogP contribution in [0.4, 0.5) is 31.1 Å². The lowest BCUT2D eigenvalue weighted by atomic mass is 9.98. The average Bonchev–Trinajstić information content (AvgIpc) is 3.18. The van der Waals surface area contributed by atoms with Gasteiger partial charge in [-0.1, -0.05) is 13.8 Å². The zero-order valence-electron chi connectivity index (χ0n) is 21.5. The van der Waals surface area contributed by atoms with Crippen molar-refractivity contribution in [3.8, 4) is 11.5 Å². The van der Waals surface area contributed by atoms with Gasteiger partial charge in [-0.3, -0.25) is 0 Å². The van der Waals surface area contributed by atoms with Crippen molar-refractivity contribution in [2.24, 2.45) is 0 Å². The number of carboxylic acid groups (broad SMARTS) is 1. The van der Waals surface area contributed by atoms with Gasteiger partial charge in [-0.25, -0.2) is 9.59 Å². The number of benzene rings is 2. The van der Waals surface area contributed by atoms with Crippen molar-refractivity contribution < 1.29 is 50.5 Å². The summed E-state index contributed by atoms with van der Waals surface area (Å²) >= 11 is 0. The number of fused-ring (bicyclic) bond motifs is 1. The van der Waals surface area contributed by atoms with Gasteiger partial charge in [-0.15, -0.1) is 0 Å². The third-order valence-corrected chi connectivity index (χ3v) is 5.49. The lowest BCUT2D eigenvalue weighted by Gasteiger charge is -2.24. The van der Waals surface area contributed by atoms with Crippen LogP contribution in [-0.2, 0) is 21.9 Å². The number of carbonyl (C=O) groups excluding carboxylic acids is 1. The number of hydrogen-bond donors (Lipinski definition) is 3. The van der Waals surface area contributed by atoms with Crippen LogP contribution in [0, 0.1) is 0 Å². The number of aromatic nitrogens is 1. The summed E-state index contributed by atoms with van der Waals surface area (Å²) in [5, 5.41) is 11.9. The molecule has 39 heavy (non-hydrogen) atoms. The minimum absolute atomic E-state index is 0.00446. The summed E-state index contributed by atoms with van der Waals surface area (Å²) in [6.45, 7) is 8.04. The predicted octanol–water partition coefficient (Wildman–Crippen LogP) is 7.77. The number of halogens is 6. The van der Waals surface area contributed by atoms with Crippen LogP contribution in [-0.4, -0.2) is 27.8 Å². The molecule has 212 valence electrons. The van der Waals surface area contributed by atoms with Crippen LogP contribution in [0.1, 0.15) is 68.8 Å². The number of carbonyl (C=O) groups is 2. The maximum Gasteiger partial charge on any atom is 0.420 e. The summed E-state index contributed by atoms with van der Waals surface area (Å²) in [7, 11) is 0. The Hall–Kier alpha value is -3.90. The summed E-state index contributed by atoms with van der Waals surface area (Å²) < 4.78 is 94.8. The standard InChI is InChI=1S/C26H26F6N2O5/c1-12(2)16-11-33-19-7-6-14(10-15(16)19)38-21-17(25(27,28)29)8-13(9-18(21)26(30,31)32)20(22(35)36)34-23(37)39-24(3,4)5/h6-12,20,33H,1-5H3,(H,34,37)(H,35,36). The molecular formula is C26H26F6N2O5. The molecule has 3 rings (SSSR count). The van der Waals surface area contributed by atoms with Gasteiger partial charge in [-0.2, -0.15) is 26.3 Å². The normalized spacial score (nSPS) is 13.4. The van der Waals surface area contributed by atoms with Crippen LogP contribution >= 0.6 is 0 Å². The van der Waals surface area contributed by atoms with Gasteiger partial charge in [0, 0.05) is 17.1 Å². The molecule has 1 unspecified atom stereocenters. The molecule has 3 N–H and O–H groups in total. The Morgan fingerprint density at radius 3 is 1.97 bits per heavy atom. The van der Waals surface area contributed by atoms with E-state index in [4.69, 9.17) is 9.47 Å². The Morgan fingerprint density at radius 2 is 1.51 bits per heavy atom. The number of amides is 1. The highest BCUT2D eigenvalue weighted by molar-refractivity contribution is 5.85. The van der Waals surface area contributed by atoms with Crippen LogP contribution in [0.15, 0.2) is 36.5 Å². The first-order valence-electron chi connectivity index (χ1n) is 11.6. The van der Waals surface area contributed by atoms with Crippen molar-refractivity contribution in [3.63, 3.8) is 0 Å². The molecule has 1 atom stereocenters. The number of rotatable bonds is 6. The van der Waals surface area contributed by atoms with Gasteiger partial charge in [0.1, 0.15) is 11.4 Å². The van der Waals surface area contributed by atoms with Crippen molar-refractivity contribution in [2.75, 3.05) is 0 Å². The van der Waals surface area contributed by atoms with E-state index in [-0.39, 0.29) is 23.8 Å². The molecule has 0 bridgehead atoms. The molecule has 0 saturated carbocycles. The van der Waals surface area contributed by atoms with Crippen molar-refractivity contribution in [2.45, 2.75) is 64.5 Å². The fraction of sp³-hybridized carbons (Fsp3) is 0.385. The molecule has 0 aliphatic rings. The van der Waals surface area contributed by atoms with Gasteiger partial charge >= 0.3 is 24.4 Å². The first-order chi connectivity index (χ1) is 17.8. The summed E-state index contributed by atoms with van der Waals surface area (Å²) in [6, 6.07) is 2.10. The van der Waals surface area contributed by atoms with Gasteiger partial charge in [0.25, 0.3) is 0 Å². The van der Waals surface area contributed by atoms with E-state index in [2.05, 4.69) is 4.98 Å². The summed E-state index contributed by atoms with van der Waals surface area (Å²) in [5.74, 6) is -3.76. The zero-order valence-corrected chi connectivity index (χ0v) is 21.5. The van der Waals surface area contributed by atoms with Gasteiger partial charge in [-0.05, 0) is 68.1 Å². The topological polar surface area (TPSA) is 101 Å². The Labute approximate surface area is 219 Å². The molecule has 1 heterocycles. The molecule has 7 nitrogen and oxygen atoms in total. The molecule has 3 aromatic rings. The lowest BCUT2D eigenvalue weighted by molar-refractivity contribution is -0.146. The molecule has 0 aliphatic carbocycles. The summed E-state index contributed by atoms with van der Waals surface area (Å²) in [5.41, 5.74) is -4.47. The number of alkyl halides is 6. The van der Waals surface area contributed by atoms with Gasteiger partial charge in [0.2, 0.25) is 0 Å². The monoisotopic (exact) mass is 560 g/mol. The fourth-order valence-corrected chi connectivity index (χ4v) is 3.84. The second kappa shape index (κ2) is 10.3. The lowest BCUT2D eigenvalue weighted by Crippen LogP contribution is -2.38. The molecule has 13 heteroatoms. The van der Waals surface area contributed by atoms with E-state index in [0.29, 0.717) is 10.9 Å². The minimum atomic E-state index is -5.39. The quantitative estimate of drug-likeness (QED) is 0.268. The molecule has 1 aromatic heterocycles. The van der Waals surface area contributed by atoms with Gasteiger partial charge < -0.3 is 24.9 Å². The van der Waals surface area contributed by atoms with Crippen molar-refractivity contribution in [1.82, 2.24) is 10.3 Å². The van der Waals surface area contributed by atoms with Crippen molar-refractivity contribution >= 4 is 23.0 Å². The van der Waals surface area contributed by atoms with Crippen LogP contribution in [0.3, 0.4) is 0 Å². The third kappa shape index (κ3) is 6.95. The highest BCUT2D eigenvalue weighted by Gasteiger charge is 2.44. The fourth-order valence-electron chi connectivity index (χ4n) is 3.84. The number of H-pyrrole nitrogens is 1. The Morgan fingerprint density at radius 1 is 0.949 bits per heavy atom. The smallest absolute Gasteiger partial charge is 0.420 e. The van der Waals surface area contributed by atoms with E-state index in [9.17, 15) is 41.0 Å². The largest absolute Gasteiger partial charge is 0.479 e. The van der Waals surface area contributed by atoms with E-state index in [1.54, 1.807) is 6.20 Å². The maximum absolute atomic E-state index is 14.1. The second-order valence-electron chi connectivity index (χ2n) is 10.1. The van der Waals surface area contributed by atoms with Gasteiger partial charge in [0.15, 0.2) is 11.8 Å². The van der Waals surface area contributed by atoms with E-state index in [0.717, 1.165) is 5.56 Å². The minimum Gasteiger partial charge on any atom is -0.479 e. The molecular weight excluding hydrogens is 534 g/mol. The molecule has 1 amide bonds. The third-order valence-electron chi connectivity index (χ3n) is 5.49. The first-order valence-corrected chi connectivity index (χ1v) is 11.6. The molecule has 0 spiro atoms. The van der Waals surface area contributed by atoms with Crippen LogP contribution in [0.5, 0.6) is 11.5 Å². The SMILES string of the molecule is CC(C)c1c[nH]c2ccc(Oc3c(C(F)(F)F)cc(C(NC(=O)OC(C)(C)C)C(=O)O)cc3C(F)(F)F)cc12. The zero-order chi connectivity index (χ0) is 29.5. The average molecular weight is 560 g/mol. The van der Waals surface area contributed by atoms with E-state index in [1.807, 2.05) is 19.2 Å². The van der Waals surface area contributed by atoms with Crippen molar-refractivity contribution in [1.29, 1.82) is 0 Å².